The lowest BCUT2D eigenvalue weighted by atomic mass is 9.50. The average Bonchev–Trinajstić information content (AvgIpc) is 3.28. The molecule has 244 valence electrons. The Hall–Kier alpha value is -1.31. The number of rotatable bonds is 13. The van der Waals surface area contributed by atoms with Crippen molar-refractivity contribution in [1.29, 1.82) is 0 Å². The maximum atomic E-state index is 14.2. The number of nitrogens with two attached hydrogens (primary N) is 1. The molecular formula is C29H53N2O8S3+. The Balaban J connectivity index is 3.47. The molecule has 0 aromatic heterocycles. The fraction of sp³-hybridized carbons (Fsp3) is 0.862. The zero-order valence-electron chi connectivity index (χ0n) is 27.0. The minimum Gasteiger partial charge on any atom is -0.481 e. The van der Waals surface area contributed by atoms with Gasteiger partial charge in [-0.2, -0.15) is 4.79 Å². The third-order valence-electron chi connectivity index (χ3n) is 7.96. The predicted molar refractivity (Wildman–Crippen MR) is 172 cm³/mol. The van der Waals surface area contributed by atoms with Crippen LogP contribution in [-0.2, 0) is 39.8 Å². The van der Waals surface area contributed by atoms with Crippen molar-refractivity contribution in [2.75, 3.05) is 17.8 Å². The molecule has 0 aromatic carbocycles. The van der Waals surface area contributed by atoms with Crippen LogP contribution in [0.4, 0.5) is 4.79 Å². The van der Waals surface area contributed by atoms with Crippen molar-refractivity contribution in [2.24, 2.45) is 27.4 Å². The molecule has 4 unspecified atom stereocenters. The molecular weight excluding hydrogens is 601 g/mol. The van der Waals surface area contributed by atoms with Crippen LogP contribution in [-0.4, -0.2) is 72.3 Å². The molecule has 1 fully saturated rings. The highest BCUT2D eigenvalue weighted by atomic mass is 33.1. The summed E-state index contributed by atoms with van der Waals surface area (Å²) in [6.07, 6.45) is 5.04. The van der Waals surface area contributed by atoms with Gasteiger partial charge < -0.3 is 26.0 Å². The van der Waals surface area contributed by atoms with Gasteiger partial charge in [-0.05, 0) is 57.3 Å². The maximum absolute atomic E-state index is 14.2. The van der Waals surface area contributed by atoms with E-state index in [9.17, 15) is 33.6 Å². The van der Waals surface area contributed by atoms with Crippen LogP contribution in [0.5, 0.6) is 0 Å². The van der Waals surface area contributed by atoms with Crippen molar-refractivity contribution in [3.05, 3.63) is 0 Å². The molecule has 0 radical (unpaired) electrons. The van der Waals surface area contributed by atoms with Crippen LogP contribution in [0.15, 0.2) is 0 Å². The van der Waals surface area contributed by atoms with Crippen molar-refractivity contribution in [2.45, 2.75) is 118 Å². The lowest BCUT2D eigenvalue weighted by Crippen LogP contribution is -2.68. The Morgan fingerprint density at radius 1 is 0.976 bits per heavy atom. The summed E-state index contributed by atoms with van der Waals surface area (Å²) in [5.41, 5.74) is 0.836. The van der Waals surface area contributed by atoms with Crippen molar-refractivity contribution < 1.29 is 38.3 Å². The van der Waals surface area contributed by atoms with Gasteiger partial charge in [0.25, 0.3) is 0 Å². The number of amides is 1. The second kappa shape index (κ2) is 14.6. The van der Waals surface area contributed by atoms with E-state index in [0.29, 0.717) is 50.0 Å². The molecule has 0 aromatic rings. The Morgan fingerprint density at radius 2 is 1.48 bits per heavy atom. The van der Waals surface area contributed by atoms with Crippen LogP contribution in [0.1, 0.15) is 101 Å². The molecule has 42 heavy (non-hydrogen) atoms. The Kier molecular flexibility index (Phi) is 13.5. The van der Waals surface area contributed by atoms with Crippen LogP contribution in [0.3, 0.4) is 0 Å². The first-order valence-electron chi connectivity index (χ1n) is 14.4. The number of carbonyl (C=O) groups excluding carboxylic acids is 2. The van der Waals surface area contributed by atoms with E-state index in [0.717, 1.165) is 0 Å². The number of aliphatic carboxylic acids is 2. The van der Waals surface area contributed by atoms with Gasteiger partial charge in [0.15, 0.2) is 9.93 Å². The number of hydrogen-bond donors (Lipinski definition) is 4. The molecule has 0 heterocycles. The highest BCUT2D eigenvalue weighted by molar-refractivity contribution is 8.79. The molecule has 0 saturated heterocycles. The second-order valence-electron chi connectivity index (χ2n) is 14.2. The van der Waals surface area contributed by atoms with Crippen LogP contribution in [0.2, 0.25) is 0 Å². The normalized spacial score (nSPS) is 18.9. The number of unbranched alkanes of at least 4 members (excludes halogenated alkanes) is 1. The topological polar surface area (TPSA) is 173 Å². The first-order valence-corrected chi connectivity index (χ1v) is 18.9. The van der Waals surface area contributed by atoms with Gasteiger partial charge in [0.1, 0.15) is 39.0 Å². The second-order valence-corrected chi connectivity index (χ2v) is 19.7. The summed E-state index contributed by atoms with van der Waals surface area (Å²) in [5.74, 6) is -2.41. The van der Waals surface area contributed by atoms with Crippen molar-refractivity contribution in [1.82, 2.24) is 5.32 Å². The third-order valence-corrected chi connectivity index (χ3v) is 13.1. The quantitative estimate of drug-likeness (QED) is 0.0702. The first kappa shape index (κ1) is 38.7. The Bertz CT molecular complexity index is 994. The van der Waals surface area contributed by atoms with Crippen LogP contribution in [0.25, 0.3) is 0 Å². The van der Waals surface area contributed by atoms with Crippen molar-refractivity contribution >= 4 is 54.7 Å². The maximum Gasteiger partial charge on any atom is 0.539 e. The van der Waals surface area contributed by atoms with Gasteiger partial charge in [0, 0.05) is 22.8 Å². The third kappa shape index (κ3) is 9.11. The number of carboxylic acid groups (broad SMARTS) is 2. The highest BCUT2D eigenvalue weighted by Crippen LogP contribution is 2.55. The van der Waals surface area contributed by atoms with E-state index in [1.54, 1.807) is 68.6 Å². The summed E-state index contributed by atoms with van der Waals surface area (Å²) in [6.45, 7) is 15.3. The zero-order valence-corrected chi connectivity index (χ0v) is 29.4. The monoisotopic (exact) mass is 653 g/mol. The number of hydrogen-bond acceptors (Lipinski definition) is 8. The van der Waals surface area contributed by atoms with E-state index in [1.165, 1.54) is 10.8 Å². The molecule has 0 spiro atoms. The summed E-state index contributed by atoms with van der Waals surface area (Å²) in [7, 11) is -0.818. The van der Waals surface area contributed by atoms with E-state index in [1.807, 2.05) is 0 Å². The summed E-state index contributed by atoms with van der Waals surface area (Å²) in [5, 5.41) is 22.3. The lowest BCUT2D eigenvalue weighted by molar-refractivity contribution is -0.183. The fourth-order valence-corrected chi connectivity index (χ4v) is 11.1. The van der Waals surface area contributed by atoms with Crippen molar-refractivity contribution in [3.63, 3.8) is 0 Å². The van der Waals surface area contributed by atoms with E-state index >= 15 is 0 Å². The molecule has 10 nitrogen and oxygen atoms in total. The Labute approximate surface area is 260 Å². The largest absolute Gasteiger partial charge is 0.539 e. The molecule has 13 heteroatoms. The van der Waals surface area contributed by atoms with Gasteiger partial charge in [-0.1, -0.05) is 54.4 Å². The Morgan fingerprint density at radius 3 is 1.86 bits per heavy atom. The predicted octanol–water partition coefficient (Wildman–Crippen LogP) is 4.92. The standard InChI is InChI=1S/C29H52N2O8S3/c1-25(2,3)29(23(35)36,26(4,5)6)19(20(32)33)31-22(34)28(15-11-12-16-28)21(30)40-42(18-14-13-17-41(10)38)24(37)39-27(7,8)9/h19,21H,11-18,30H2,1-10H3,(H2-,31,32,33,34,35,36)/p+1. The molecule has 1 aliphatic carbocycles. The number of carboxylic acids is 2. The highest BCUT2D eigenvalue weighted by Gasteiger charge is 2.65. The fourth-order valence-electron chi connectivity index (χ4n) is 6.26. The molecule has 0 bridgehead atoms. The van der Waals surface area contributed by atoms with Gasteiger partial charge in [-0.25, -0.2) is 4.79 Å². The number of nitrogens with one attached hydrogen (secondary N) is 1. The van der Waals surface area contributed by atoms with Crippen molar-refractivity contribution in [3.8, 4) is 0 Å². The summed E-state index contributed by atoms with van der Waals surface area (Å²) < 4.78 is 17.2. The summed E-state index contributed by atoms with van der Waals surface area (Å²) >= 11 is 0. The van der Waals surface area contributed by atoms with Gasteiger partial charge >= 0.3 is 17.2 Å². The smallest absolute Gasteiger partial charge is 0.481 e. The SMILES string of the molecule is CS(=O)CCCC[S+](SC(N)C1(C(=O)NC(C(=O)O)C(C(=O)O)(C(C)(C)C)C(C)(C)C)CCCC1)C(=O)OC(C)(C)C. The van der Waals surface area contributed by atoms with Crippen LogP contribution in [0, 0.1) is 21.7 Å². The average molecular weight is 654 g/mol. The number of ether oxygens (including phenoxy) is 1. The van der Waals surface area contributed by atoms with Gasteiger partial charge in [0.05, 0.1) is 5.41 Å². The molecule has 1 saturated carbocycles. The van der Waals surface area contributed by atoms with Gasteiger partial charge in [0.2, 0.25) is 5.91 Å². The minimum atomic E-state index is -1.88. The molecule has 1 rings (SSSR count). The molecule has 1 aliphatic rings. The van der Waals surface area contributed by atoms with Gasteiger partial charge in [-0.15, -0.1) is 0 Å². The first-order chi connectivity index (χ1) is 18.9. The lowest BCUT2D eigenvalue weighted by Gasteiger charge is -2.53. The molecule has 1 amide bonds. The molecule has 0 aliphatic heterocycles. The number of carbonyl (C=O) groups is 4. The van der Waals surface area contributed by atoms with Crippen LogP contribution >= 0.6 is 10.8 Å². The van der Waals surface area contributed by atoms with Crippen LogP contribution < -0.4 is 11.1 Å². The zero-order chi connectivity index (χ0) is 32.9. The van der Waals surface area contributed by atoms with Gasteiger partial charge in [-0.3, -0.25) is 13.8 Å². The van der Waals surface area contributed by atoms with E-state index < -0.39 is 82.6 Å². The van der Waals surface area contributed by atoms with E-state index in [-0.39, 0.29) is 0 Å². The minimum absolute atomic E-state index is 0.380. The summed E-state index contributed by atoms with van der Waals surface area (Å²) in [6, 6.07) is -1.74. The molecule has 4 atom stereocenters. The van der Waals surface area contributed by atoms with E-state index in [2.05, 4.69) is 5.32 Å². The van der Waals surface area contributed by atoms with E-state index in [4.69, 9.17) is 10.5 Å². The molecule has 5 N–H and O–H groups in total. The summed E-state index contributed by atoms with van der Waals surface area (Å²) in [4.78, 5) is 53.1.